The highest BCUT2D eigenvalue weighted by molar-refractivity contribution is 7.76. The molecule has 0 radical (unpaired) electrons. The van der Waals surface area contributed by atoms with Gasteiger partial charge in [0.25, 0.3) is 5.56 Å². The molecular formula is C23H27N4O3S-. The summed E-state index contributed by atoms with van der Waals surface area (Å²) < 4.78 is 17.6. The molecule has 0 saturated carbocycles. The summed E-state index contributed by atoms with van der Waals surface area (Å²) in [5.41, 5.74) is 7.65. The third kappa shape index (κ3) is 6.41. The zero-order chi connectivity index (χ0) is 22.4. The van der Waals surface area contributed by atoms with Crippen LogP contribution in [0.15, 0.2) is 53.5 Å². The zero-order valence-corrected chi connectivity index (χ0v) is 18.6. The molecule has 0 aliphatic carbocycles. The molecule has 0 spiro atoms. The number of aromatic nitrogens is 2. The molecule has 1 atom stereocenters. The fourth-order valence-corrected chi connectivity index (χ4v) is 3.66. The molecule has 0 fully saturated rings. The molecule has 1 aliphatic rings. The van der Waals surface area contributed by atoms with Crippen molar-refractivity contribution in [1.29, 1.82) is 0 Å². The van der Waals surface area contributed by atoms with Gasteiger partial charge in [0, 0.05) is 42.7 Å². The molecule has 4 rings (SSSR count). The van der Waals surface area contributed by atoms with Crippen LogP contribution in [0.5, 0.6) is 0 Å². The van der Waals surface area contributed by atoms with Gasteiger partial charge in [-0.25, -0.2) is 0 Å². The van der Waals surface area contributed by atoms with Crippen LogP contribution in [0.2, 0.25) is 0 Å². The van der Waals surface area contributed by atoms with Crippen LogP contribution in [-0.4, -0.2) is 36.7 Å². The van der Waals surface area contributed by atoms with Crippen molar-refractivity contribution >= 4 is 27.9 Å². The van der Waals surface area contributed by atoms with Gasteiger partial charge < -0.3 is 9.54 Å². The molecule has 3 heterocycles. The van der Waals surface area contributed by atoms with Crippen molar-refractivity contribution in [1.82, 2.24) is 14.9 Å². The van der Waals surface area contributed by atoms with Crippen molar-refractivity contribution in [3.63, 3.8) is 0 Å². The number of fused-ring (bicyclic) bond motifs is 1. The van der Waals surface area contributed by atoms with E-state index >= 15 is 0 Å². The Kier molecular flexibility index (Phi) is 7.86. The van der Waals surface area contributed by atoms with Crippen molar-refractivity contribution in [2.24, 2.45) is 5.14 Å². The molecular weight excluding hydrogens is 412 g/mol. The summed E-state index contributed by atoms with van der Waals surface area (Å²) >= 11 is -2.36. The lowest BCUT2D eigenvalue weighted by atomic mass is 9.98. The molecule has 0 bridgehead atoms. The van der Waals surface area contributed by atoms with Crippen molar-refractivity contribution in [2.75, 3.05) is 13.1 Å². The summed E-state index contributed by atoms with van der Waals surface area (Å²) in [4.78, 5) is 22.0. The largest absolute Gasteiger partial charge is 0.760 e. The number of rotatable bonds is 4. The minimum absolute atomic E-state index is 0.00686. The van der Waals surface area contributed by atoms with E-state index in [0.717, 1.165) is 54.6 Å². The minimum Gasteiger partial charge on any atom is -0.760 e. The summed E-state index contributed by atoms with van der Waals surface area (Å²) in [7, 11) is 0. The predicted octanol–water partition coefficient (Wildman–Crippen LogP) is 2.82. The number of aromatic amines is 1. The van der Waals surface area contributed by atoms with E-state index < -0.39 is 11.3 Å². The Morgan fingerprint density at radius 1 is 1.26 bits per heavy atom. The van der Waals surface area contributed by atoms with Crippen LogP contribution in [0.3, 0.4) is 0 Å². The fourth-order valence-electron chi connectivity index (χ4n) is 3.66. The van der Waals surface area contributed by atoms with Crippen LogP contribution in [0.1, 0.15) is 35.6 Å². The highest BCUT2D eigenvalue weighted by Gasteiger charge is 2.14. The molecule has 1 aliphatic heterocycles. The molecule has 1 unspecified atom stereocenters. The number of hydrogen-bond acceptors (Lipinski definition) is 5. The third-order valence-corrected chi connectivity index (χ3v) is 5.33. The summed E-state index contributed by atoms with van der Waals surface area (Å²) in [5.74, 6) is 0. The molecule has 164 valence electrons. The number of benzene rings is 1. The van der Waals surface area contributed by atoms with Gasteiger partial charge in [0.05, 0.1) is 11.0 Å². The molecule has 3 aromatic rings. The van der Waals surface area contributed by atoms with Gasteiger partial charge in [-0.15, -0.1) is 0 Å². The lowest BCUT2D eigenvalue weighted by Gasteiger charge is -2.26. The Morgan fingerprint density at radius 2 is 1.97 bits per heavy atom. The third-order valence-electron chi connectivity index (χ3n) is 5.33. The van der Waals surface area contributed by atoms with E-state index in [9.17, 15) is 4.79 Å². The van der Waals surface area contributed by atoms with Crippen molar-refractivity contribution in [2.45, 2.75) is 33.2 Å². The number of pyridine rings is 2. The highest BCUT2D eigenvalue weighted by Crippen LogP contribution is 2.23. The van der Waals surface area contributed by atoms with Gasteiger partial charge in [0.1, 0.15) is 0 Å². The first-order valence-electron chi connectivity index (χ1n) is 10.2. The van der Waals surface area contributed by atoms with Crippen LogP contribution in [-0.2, 0) is 24.2 Å². The number of hydrogen-bond donors (Lipinski definition) is 2. The maximum atomic E-state index is 12.1. The minimum atomic E-state index is -2.36. The standard InChI is InChI=1S/C23H25N3O.H3NO2S/c1-3-18-13-21-22(25-23(18)27)12-17(14-24-21)15-26-10-8-20(9-11-26)19-6-4-16(2)5-7-19;1-4(2)3/h4-8,12-14H,3,9-11,15H2,1-2H3,(H,25,27);1H2,(H,2,3)/p-1. The number of nitrogens with zero attached hydrogens (tertiary/aromatic N) is 2. The van der Waals surface area contributed by atoms with Gasteiger partial charge in [0.15, 0.2) is 0 Å². The van der Waals surface area contributed by atoms with E-state index in [4.69, 9.17) is 8.76 Å². The summed E-state index contributed by atoms with van der Waals surface area (Å²) in [6.07, 6.45) is 6.04. The van der Waals surface area contributed by atoms with Gasteiger partial charge in [-0.2, -0.15) is 0 Å². The Labute approximate surface area is 184 Å². The van der Waals surface area contributed by atoms with Crippen LogP contribution < -0.4 is 10.7 Å². The van der Waals surface area contributed by atoms with E-state index in [1.165, 1.54) is 16.7 Å². The summed E-state index contributed by atoms with van der Waals surface area (Å²) in [6.45, 7) is 6.92. The maximum Gasteiger partial charge on any atom is 0.251 e. The van der Waals surface area contributed by atoms with E-state index in [-0.39, 0.29) is 5.56 Å². The molecule has 8 heteroatoms. The first-order chi connectivity index (χ1) is 14.9. The number of nitrogens with one attached hydrogen (secondary N) is 1. The Bertz CT molecular complexity index is 1150. The molecule has 1 aromatic carbocycles. The normalized spacial score (nSPS) is 15.2. The van der Waals surface area contributed by atoms with Gasteiger partial charge >= 0.3 is 0 Å². The van der Waals surface area contributed by atoms with Gasteiger partial charge in [-0.05, 0) is 48.6 Å². The fraction of sp³-hybridized carbons (Fsp3) is 0.304. The molecule has 3 N–H and O–H groups in total. The van der Waals surface area contributed by atoms with Crippen LogP contribution in [0, 0.1) is 6.92 Å². The monoisotopic (exact) mass is 439 g/mol. The maximum absolute atomic E-state index is 12.1. The number of H-pyrrole nitrogens is 1. The summed E-state index contributed by atoms with van der Waals surface area (Å²) in [6, 6.07) is 12.7. The second kappa shape index (κ2) is 10.6. The number of aryl methyl sites for hydroxylation is 2. The van der Waals surface area contributed by atoms with E-state index in [2.05, 4.69) is 63.3 Å². The first kappa shape index (κ1) is 23.0. The van der Waals surface area contributed by atoms with Crippen LogP contribution >= 0.6 is 0 Å². The quantitative estimate of drug-likeness (QED) is 0.607. The second-order valence-corrected chi connectivity index (χ2v) is 8.12. The van der Waals surface area contributed by atoms with Gasteiger partial charge in [-0.3, -0.25) is 24.0 Å². The lowest BCUT2D eigenvalue weighted by Crippen LogP contribution is -2.28. The second-order valence-electron chi connectivity index (χ2n) is 7.59. The first-order valence-corrected chi connectivity index (χ1v) is 11.3. The van der Waals surface area contributed by atoms with Crippen LogP contribution in [0.25, 0.3) is 16.6 Å². The molecule has 0 amide bonds. The van der Waals surface area contributed by atoms with E-state index in [1.807, 2.05) is 19.2 Å². The Morgan fingerprint density at radius 3 is 2.58 bits per heavy atom. The smallest absolute Gasteiger partial charge is 0.251 e. The van der Waals surface area contributed by atoms with Crippen molar-refractivity contribution < 1.29 is 8.76 Å². The van der Waals surface area contributed by atoms with Gasteiger partial charge in [-0.1, -0.05) is 42.8 Å². The average Bonchev–Trinajstić information content (AvgIpc) is 2.74. The van der Waals surface area contributed by atoms with E-state index in [1.54, 1.807) is 0 Å². The van der Waals surface area contributed by atoms with Gasteiger partial charge in [0.2, 0.25) is 0 Å². The predicted molar refractivity (Wildman–Crippen MR) is 124 cm³/mol. The van der Waals surface area contributed by atoms with Crippen LogP contribution in [0.4, 0.5) is 0 Å². The highest BCUT2D eigenvalue weighted by atomic mass is 32.2. The molecule has 2 aromatic heterocycles. The topological polar surface area (TPSA) is 115 Å². The Hall–Kier alpha value is -2.65. The SMILES string of the molecule is CCc1cc2ncc(CN3CC=C(c4ccc(C)cc4)CC3)cc2[nH]c1=O.NS(=O)[O-]. The average molecular weight is 440 g/mol. The lowest BCUT2D eigenvalue weighted by molar-refractivity contribution is 0.293. The number of nitrogens with two attached hydrogens (primary N) is 1. The molecule has 7 nitrogen and oxygen atoms in total. The zero-order valence-electron chi connectivity index (χ0n) is 17.8. The molecule has 0 saturated heterocycles. The molecule has 31 heavy (non-hydrogen) atoms. The van der Waals surface area contributed by atoms with E-state index in [0.29, 0.717) is 0 Å². The Balaban J connectivity index is 0.000000628. The van der Waals surface area contributed by atoms with Crippen molar-refractivity contribution in [3.05, 3.63) is 81.3 Å². The summed E-state index contributed by atoms with van der Waals surface area (Å²) in [5, 5.41) is 4.03. The van der Waals surface area contributed by atoms with Crippen molar-refractivity contribution in [3.8, 4) is 0 Å².